The second-order valence-electron chi connectivity index (χ2n) is 9.81. The molecule has 3 N–H and O–H groups in total. The highest BCUT2D eigenvalue weighted by atomic mass is 35.5. The largest absolute Gasteiger partial charge is 0.471 e. The Morgan fingerprint density at radius 3 is 2.27 bits per heavy atom. The molecule has 4 atom stereocenters. The first-order valence-electron chi connectivity index (χ1n) is 11.0. The number of halogens is 7. The number of hydrogen-bond acceptors (Lipinski definition) is 5. The number of alkyl halides is 7. The van der Waals surface area contributed by atoms with Crippen molar-refractivity contribution in [1.29, 1.82) is 0 Å². The Kier molecular flexibility index (Phi) is 8.98. The van der Waals surface area contributed by atoms with Crippen molar-refractivity contribution in [3.63, 3.8) is 0 Å². The fourth-order valence-electron chi connectivity index (χ4n) is 3.87. The topological polar surface area (TPSA) is 128 Å². The molecular formula is C20H26ClF6N5O5. The van der Waals surface area contributed by atoms with Crippen molar-refractivity contribution < 1.29 is 50.3 Å². The molecule has 210 valence electrons. The van der Waals surface area contributed by atoms with Gasteiger partial charge in [0.25, 0.3) is 23.4 Å². The lowest BCUT2D eigenvalue weighted by atomic mass is 9.85. The summed E-state index contributed by atoms with van der Waals surface area (Å²) in [5.41, 5.74) is -2.18. The molecule has 17 heteroatoms. The predicted octanol–water partition coefficient (Wildman–Crippen LogP) is 0.846. The van der Waals surface area contributed by atoms with Crippen LogP contribution in [0.15, 0.2) is 0 Å². The number of carbonyl (C=O) groups excluding carboxylic acids is 5. The fourth-order valence-corrected chi connectivity index (χ4v) is 3.98. The summed E-state index contributed by atoms with van der Waals surface area (Å²) in [6, 6.07) is -3.99. The van der Waals surface area contributed by atoms with E-state index in [0.29, 0.717) is 9.91 Å². The number of amides is 5. The first kappa shape index (κ1) is 30.4. The van der Waals surface area contributed by atoms with E-state index in [-0.39, 0.29) is 13.0 Å². The van der Waals surface area contributed by atoms with E-state index in [1.165, 1.54) is 26.1 Å². The molecular weight excluding hydrogens is 540 g/mol. The molecule has 10 nitrogen and oxygen atoms in total. The molecule has 0 aromatic heterocycles. The van der Waals surface area contributed by atoms with Crippen LogP contribution in [0, 0.1) is 11.3 Å². The van der Waals surface area contributed by atoms with E-state index in [1.54, 1.807) is 0 Å². The van der Waals surface area contributed by atoms with Crippen LogP contribution in [0.2, 0.25) is 0 Å². The van der Waals surface area contributed by atoms with Crippen molar-refractivity contribution in [3.05, 3.63) is 0 Å². The maximum Gasteiger partial charge on any atom is 0.471 e. The van der Waals surface area contributed by atoms with Gasteiger partial charge in [-0.15, -0.1) is 0 Å². The number of likely N-dealkylation sites (tertiary alicyclic amines) is 1. The fraction of sp³-hybridized carbons (Fsp3) is 0.750. The predicted molar refractivity (Wildman–Crippen MR) is 114 cm³/mol. The van der Waals surface area contributed by atoms with Crippen LogP contribution in [0.25, 0.3) is 0 Å². The summed E-state index contributed by atoms with van der Waals surface area (Å²) < 4.78 is 80.6. The van der Waals surface area contributed by atoms with Crippen LogP contribution in [0.1, 0.15) is 33.6 Å². The van der Waals surface area contributed by atoms with Gasteiger partial charge in [0.05, 0.1) is 19.0 Å². The van der Waals surface area contributed by atoms with Crippen LogP contribution < -0.4 is 16.1 Å². The van der Waals surface area contributed by atoms with Gasteiger partial charge in [0.1, 0.15) is 12.1 Å². The quantitative estimate of drug-likeness (QED) is 0.250. The van der Waals surface area contributed by atoms with E-state index in [2.05, 4.69) is 5.32 Å². The van der Waals surface area contributed by atoms with Crippen LogP contribution >= 0.6 is 11.6 Å². The molecule has 5 amide bonds. The van der Waals surface area contributed by atoms with Crippen LogP contribution in [-0.4, -0.2) is 88.9 Å². The summed E-state index contributed by atoms with van der Waals surface area (Å²) in [5, 5.41) is 4.27. The Hall–Kier alpha value is -2.78. The maximum atomic E-state index is 14.3. The third-order valence-electron chi connectivity index (χ3n) is 5.77. The number of nitrogens with zero attached hydrogens (tertiary/aromatic N) is 2. The average Bonchev–Trinajstić information content (AvgIpc) is 3.30. The van der Waals surface area contributed by atoms with Gasteiger partial charge in [-0.1, -0.05) is 32.4 Å². The van der Waals surface area contributed by atoms with Gasteiger partial charge in [0.15, 0.2) is 0 Å². The summed E-state index contributed by atoms with van der Waals surface area (Å²) in [7, 11) is 0. The van der Waals surface area contributed by atoms with E-state index in [1.807, 2.05) is 5.43 Å². The molecule has 0 spiro atoms. The molecule has 2 aliphatic rings. The monoisotopic (exact) mass is 565 g/mol. The van der Waals surface area contributed by atoms with E-state index >= 15 is 0 Å². The summed E-state index contributed by atoms with van der Waals surface area (Å²) in [6.07, 6.45) is -6.45. The molecule has 2 heterocycles. The highest BCUT2D eigenvalue weighted by molar-refractivity contribution is 6.29. The van der Waals surface area contributed by atoms with Crippen molar-refractivity contribution in [1.82, 2.24) is 26.0 Å². The smallest absolute Gasteiger partial charge is 0.356 e. The minimum Gasteiger partial charge on any atom is -0.356 e. The first-order valence-corrected chi connectivity index (χ1v) is 11.4. The highest BCUT2D eigenvalue weighted by Gasteiger charge is 2.53. The lowest BCUT2D eigenvalue weighted by molar-refractivity contribution is -0.176. The van der Waals surface area contributed by atoms with Gasteiger partial charge in [0, 0.05) is 13.0 Å². The van der Waals surface area contributed by atoms with E-state index in [0.717, 1.165) is 0 Å². The molecule has 2 fully saturated rings. The lowest BCUT2D eigenvalue weighted by Gasteiger charge is -2.35. The molecule has 2 saturated heterocycles. The van der Waals surface area contributed by atoms with Crippen molar-refractivity contribution in [3.8, 4) is 0 Å². The second kappa shape index (κ2) is 10.9. The SMILES string of the molecule is CC(C)(C)C(NC(=O)C(F)(F)F)C(=O)N1CC(F)(F)C[C@H]1C(=O)NN(C[C@@H]1CCNC1=O)C(=O)C(F)Cl. The minimum absolute atomic E-state index is 0.204. The van der Waals surface area contributed by atoms with E-state index < -0.39 is 90.2 Å². The van der Waals surface area contributed by atoms with Gasteiger partial charge in [-0.25, -0.2) is 18.2 Å². The molecule has 2 unspecified atom stereocenters. The Balaban J connectivity index is 2.32. The van der Waals surface area contributed by atoms with Crippen molar-refractivity contribution in [2.45, 2.75) is 63.4 Å². The molecule has 0 radical (unpaired) electrons. The summed E-state index contributed by atoms with van der Waals surface area (Å²) in [5.74, 6) is -11.9. The Morgan fingerprint density at radius 1 is 1.22 bits per heavy atom. The maximum absolute atomic E-state index is 14.3. The van der Waals surface area contributed by atoms with Crippen molar-refractivity contribution in [2.24, 2.45) is 11.3 Å². The summed E-state index contributed by atoms with van der Waals surface area (Å²) in [4.78, 5) is 61.9. The number of hydrazine groups is 1. The molecule has 0 saturated carbocycles. The zero-order chi connectivity index (χ0) is 28.5. The molecule has 0 aromatic carbocycles. The average molecular weight is 566 g/mol. The first-order chi connectivity index (χ1) is 16.7. The lowest BCUT2D eigenvalue weighted by Crippen LogP contribution is -2.61. The van der Waals surface area contributed by atoms with Crippen molar-refractivity contribution in [2.75, 3.05) is 19.6 Å². The number of nitrogens with one attached hydrogen (secondary N) is 3. The Morgan fingerprint density at radius 2 is 1.81 bits per heavy atom. The molecule has 37 heavy (non-hydrogen) atoms. The highest BCUT2D eigenvalue weighted by Crippen LogP contribution is 2.35. The summed E-state index contributed by atoms with van der Waals surface area (Å²) >= 11 is 5.16. The Labute approximate surface area is 212 Å². The van der Waals surface area contributed by atoms with Gasteiger partial charge in [-0.05, 0) is 11.8 Å². The molecule has 0 bridgehead atoms. The van der Waals surface area contributed by atoms with E-state index in [4.69, 9.17) is 11.6 Å². The molecule has 0 aromatic rings. The number of rotatable bonds is 6. The number of carbonyl (C=O) groups is 5. The van der Waals surface area contributed by atoms with Crippen LogP contribution in [0.5, 0.6) is 0 Å². The third-order valence-corrected chi connectivity index (χ3v) is 5.95. The minimum atomic E-state index is -5.38. The second-order valence-corrected chi connectivity index (χ2v) is 10.2. The Bertz CT molecular complexity index is 942. The van der Waals surface area contributed by atoms with Gasteiger partial charge >= 0.3 is 12.1 Å². The molecule has 2 rings (SSSR count). The molecule has 2 aliphatic heterocycles. The van der Waals surface area contributed by atoms with Gasteiger partial charge < -0.3 is 15.5 Å². The van der Waals surface area contributed by atoms with Crippen LogP contribution in [0.4, 0.5) is 26.3 Å². The summed E-state index contributed by atoms with van der Waals surface area (Å²) in [6.45, 7) is 2.10. The van der Waals surface area contributed by atoms with Gasteiger partial charge in [0.2, 0.25) is 11.8 Å². The zero-order valence-corrected chi connectivity index (χ0v) is 20.7. The normalized spacial score (nSPS) is 23.2. The zero-order valence-electron chi connectivity index (χ0n) is 19.9. The van der Waals surface area contributed by atoms with Crippen molar-refractivity contribution >= 4 is 41.1 Å². The van der Waals surface area contributed by atoms with Crippen LogP contribution in [-0.2, 0) is 24.0 Å². The van der Waals surface area contributed by atoms with E-state index in [9.17, 15) is 50.3 Å². The van der Waals surface area contributed by atoms with Gasteiger partial charge in [-0.2, -0.15) is 13.2 Å². The number of hydrogen-bond donors (Lipinski definition) is 3. The van der Waals surface area contributed by atoms with Crippen LogP contribution in [0.3, 0.4) is 0 Å². The van der Waals surface area contributed by atoms with Gasteiger partial charge in [-0.3, -0.25) is 29.4 Å². The third kappa shape index (κ3) is 7.61. The standard InChI is InChI=1S/C20H26ClF6N5O5/c1-18(2,3)11(29-17(37)20(25,26)27)15(35)31-8-19(23,24)6-10(31)14(34)30-32(16(36)12(21)22)7-9-4-5-28-13(9)33/h9-12H,4-8H2,1-3H3,(H,28,33)(H,29,37)(H,30,34)/t9-,10-,11?,12?/m0/s1. The molecule has 0 aliphatic carbocycles.